The number of anilines is 3. The largest absolute Gasteiger partial charge is 0.376 e. The van der Waals surface area contributed by atoms with Gasteiger partial charge in [0.1, 0.15) is 5.82 Å². The fourth-order valence-electron chi connectivity index (χ4n) is 1.60. The summed E-state index contributed by atoms with van der Waals surface area (Å²) in [7, 11) is 4.01. The number of aromatic nitrogens is 1. The van der Waals surface area contributed by atoms with Gasteiger partial charge in [-0.1, -0.05) is 23.7 Å². The highest BCUT2D eigenvalue weighted by atomic mass is 79.9. The van der Waals surface area contributed by atoms with E-state index in [4.69, 9.17) is 11.6 Å². The van der Waals surface area contributed by atoms with Crippen molar-refractivity contribution < 1.29 is 0 Å². The average Bonchev–Trinajstić information content (AvgIpc) is 2.33. The van der Waals surface area contributed by atoms with E-state index in [0.29, 0.717) is 5.02 Å². The predicted molar refractivity (Wildman–Crippen MR) is 81.0 cm³/mol. The van der Waals surface area contributed by atoms with Crippen molar-refractivity contribution in [1.29, 1.82) is 0 Å². The Morgan fingerprint density at radius 2 is 2.00 bits per heavy atom. The molecule has 0 bridgehead atoms. The van der Waals surface area contributed by atoms with Crippen LogP contribution in [-0.2, 0) is 0 Å². The Labute approximate surface area is 120 Å². The third kappa shape index (κ3) is 2.94. The minimum Gasteiger partial charge on any atom is -0.376 e. The zero-order chi connectivity index (χ0) is 13.1. The first-order valence-corrected chi connectivity index (χ1v) is 6.59. The van der Waals surface area contributed by atoms with E-state index >= 15 is 0 Å². The zero-order valence-corrected chi connectivity index (χ0v) is 12.5. The molecule has 0 radical (unpaired) electrons. The molecule has 3 nitrogen and oxygen atoms in total. The Balaban J connectivity index is 2.34. The molecule has 0 aliphatic carbocycles. The number of halogens is 2. The van der Waals surface area contributed by atoms with Gasteiger partial charge in [0.25, 0.3) is 0 Å². The Morgan fingerprint density at radius 1 is 1.28 bits per heavy atom. The van der Waals surface area contributed by atoms with Crippen molar-refractivity contribution in [3.63, 3.8) is 0 Å². The van der Waals surface area contributed by atoms with Crippen molar-refractivity contribution in [3.8, 4) is 0 Å². The van der Waals surface area contributed by atoms with Gasteiger partial charge in [-0.25, -0.2) is 4.98 Å². The Kier molecular flexibility index (Phi) is 4.09. The van der Waals surface area contributed by atoms with Gasteiger partial charge in [-0.15, -0.1) is 0 Å². The summed E-state index contributed by atoms with van der Waals surface area (Å²) in [6, 6.07) is 9.86. The lowest BCUT2D eigenvalue weighted by Crippen LogP contribution is -2.11. The number of benzene rings is 1. The molecule has 0 atom stereocenters. The summed E-state index contributed by atoms with van der Waals surface area (Å²) in [4.78, 5) is 6.31. The standard InChI is InChI=1S/C13H13BrClN3/c1-18(2)12-6-4-3-5-11(12)17-13-10(14)7-9(15)8-16-13/h3-8H,1-2H3,(H,16,17). The van der Waals surface area contributed by atoms with Gasteiger partial charge in [0, 0.05) is 20.3 Å². The molecule has 1 heterocycles. The van der Waals surface area contributed by atoms with Crippen LogP contribution in [0.4, 0.5) is 17.2 Å². The van der Waals surface area contributed by atoms with Crippen LogP contribution in [0.25, 0.3) is 0 Å². The molecule has 0 spiro atoms. The van der Waals surface area contributed by atoms with E-state index in [9.17, 15) is 0 Å². The van der Waals surface area contributed by atoms with E-state index in [1.54, 1.807) is 6.20 Å². The smallest absolute Gasteiger partial charge is 0.144 e. The van der Waals surface area contributed by atoms with E-state index in [0.717, 1.165) is 21.7 Å². The van der Waals surface area contributed by atoms with E-state index in [-0.39, 0.29) is 0 Å². The van der Waals surface area contributed by atoms with Gasteiger partial charge in [-0.05, 0) is 34.1 Å². The quantitative estimate of drug-likeness (QED) is 0.911. The SMILES string of the molecule is CN(C)c1ccccc1Nc1ncc(Cl)cc1Br. The normalized spacial score (nSPS) is 10.2. The molecule has 94 valence electrons. The molecular weight excluding hydrogens is 314 g/mol. The van der Waals surface area contributed by atoms with Crippen molar-refractivity contribution in [3.05, 3.63) is 46.0 Å². The number of nitrogens with one attached hydrogen (secondary N) is 1. The maximum atomic E-state index is 5.87. The molecule has 0 saturated carbocycles. The number of para-hydroxylation sites is 2. The van der Waals surface area contributed by atoms with Crippen LogP contribution in [0.15, 0.2) is 41.0 Å². The van der Waals surface area contributed by atoms with Crippen LogP contribution in [0.3, 0.4) is 0 Å². The molecule has 1 aromatic carbocycles. The highest BCUT2D eigenvalue weighted by Gasteiger charge is 2.07. The van der Waals surface area contributed by atoms with Crippen LogP contribution in [-0.4, -0.2) is 19.1 Å². The number of rotatable bonds is 3. The summed E-state index contributed by atoms with van der Waals surface area (Å²) in [5.41, 5.74) is 2.10. The van der Waals surface area contributed by atoms with Gasteiger partial charge in [0.2, 0.25) is 0 Å². The van der Waals surface area contributed by atoms with Crippen LogP contribution in [0.5, 0.6) is 0 Å². The maximum absolute atomic E-state index is 5.87. The van der Waals surface area contributed by atoms with Gasteiger partial charge in [-0.3, -0.25) is 0 Å². The topological polar surface area (TPSA) is 28.2 Å². The molecule has 2 rings (SSSR count). The first-order valence-electron chi connectivity index (χ1n) is 5.42. The summed E-state index contributed by atoms with van der Waals surface area (Å²) in [6.07, 6.45) is 1.62. The monoisotopic (exact) mass is 325 g/mol. The van der Waals surface area contributed by atoms with Gasteiger partial charge in [-0.2, -0.15) is 0 Å². The summed E-state index contributed by atoms with van der Waals surface area (Å²) in [5.74, 6) is 0.744. The van der Waals surface area contributed by atoms with Gasteiger partial charge >= 0.3 is 0 Å². The number of nitrogens with zero attached hydrogens (tertiary/aromatic N) is 2. The van der Waals surface area contributed by atoms with Crippen LogP contribution in [0, 0.1) is 0 Å². The van der Waals surface area contributed by atoms with E-state index in [2.05, 4.69) is 26.2 Å². The maximum Gasteiger partial charge on any atom is 0.144 e. The van der Waals surface area contributed by atoms with Gasteiger partial charge in [0.05, 0.1) is 20.9 Å². The molecule has 0 fully saturated rings. The zero-order valence-electron chi connectivity index (χ0n) is 10.1. The summed E-state index contributed by atoms with van der Waals surface area (Å²) in [6.45, 7) is 0. The molecule has 0 aliphatic heterocycles. The lowest BCUT2D eigenvalue weighted by atomic mass is 10.2. The van der Waals surface area contributed by atoms with Gasteiger partial charge in [0.15, 0.2) is 0 Å². The molecule has 18 heavy (non-hydrogen) atoms. The Hall–Kier alpha value is -1.26. The Morgan fingerprint density at radius 3 is 2.67 bits per heavy atom. The third-order valence-corrected chi connectivity index (χ3v) is 3.26. The minimum absolute atomic E-state index is 0.605. The fraction of sp³-hybridized carbons (Fsp3) is 0.154. The Bertz CT molecular complexity index is 558. The highest BCUT2D eigenvalue weighted by molar-refractivity contribution is 9.10. The summed E-state index contributed by atoms with van der Waals surface area (Å²) >= 11 is 9.32. The van der Waals surface area contributed by atoms with E-state index < -0.39 is 0 Å². The summed E-state index contributed by atoms with van der Waals surface area (Å²) < 4.78 is 0.837. The number of hydrogen-bond donors (Lipinski definition) is 1. The highest BCUT2D eigenvalue weighted by Crippen LogP contribution is 2.30. The van der Waals surface area contributed by atoms with Gasteiger partial charge < -0.3 is 10.2 Å². The van der Waals surface area contributed by atoms with Crippen molar-refractivity contribution >= 4 is 44.7 Å². The molecule has 0 aliphatic rings. The molecule has 0 unspecified atom stereocenters. The lowest BCUT2D eigenvalue weighted by molar-refractivity contribution is 1.13. The molecule has 0 saturated heterocycles. The molecule has 1 N–H and O–H groups in total. The molecule has 2 aromatic rings. The van der Waals surface area contributed by atoms with Crippen LogP contribution >= 0.6 is 27.5 Å². The lowest BCUT2D eigenvalue weighted by Gasteiger charge is -2.18. The first-order chi connectivity index (χ1) is 8.58. The van der Waals surface area contributed by atoms with E-state index in [1.165, 1.54) is 0 Å². The van der Waals surface area contributed by atoms with Crippen molar-refractivity contribution in [2.24, 2.45) is 0 Å². The second kappa shape index (κ2) is 5.59. The number of hydrogen-bond acceptors (Lipinski definition) is 3. The van der Waals surface area contributed by atoms with Crippen molar-refractivity contribution in [1.82, 2.24) is 4.98 Å². The van der Waals surface area contributed by atoms with Crippen LogP contribution in [0.1, 0.15) is 0 Å². The average molecular weight is 327 g/mol. The molecule has 5 heteroatoms. The number of pyridine rings is 1. The second-order valence-corrected chi connectivity index (χ2v) is 5.31. The van der Waals surface area contributed by atoms with Crippen LogP contribution < -0.4 is 10.2 Å². The second-order valence-electron chi connectivity index (χ2n) is 4.02. The predicted octanol–water partition coefficient (Wildman–Crippen LogP) is 4.31. The molecular formula is C13H13BrClN3. The van der Waals surface area contributed by atoms with Crippen LogP contribution in [0.2, 0.25) is 5.02 Å². The van der Waals surface area contributed by atoms with E-state index in [1.807, 2.05) is 49.3 Å². The third-order valence-electron chi connectivity index (χ3n) is 2.45. The van der Waals surface area contributed by atoms with Crippen molar-refractivity contribution in [2.45, 2.75) is 0 Å². The van der Waals surface area contributed by atoms with Crippen molar-refractivity contribution in [2.75, 3.05) is 24.3 Å². The first kappa shape index (κ1) is 13.2. The fourth-order valence-corrected chi connectivity index (χ4v) is 2.34. The molecule has 0 amide bonds. The summed E-state index contributed by atoms with van der Waals surface area (Å²) in [5, 5.41) is 3.90. The molecule has 1 aromatic heterocycles. The minimum atomic E-state index is 0.605.